The fourth-order valence-corrected chi connectivity index (χ4v) is 1.14. The highest BCUT2D eigenvalue weighted by Crippen LogP contribution is 2.11. The molecule has 0 fully saturated rings. The molecule has 0 aromatic carbocycles. The van der Waals surface area contributed by atoms with E-state index in [1.165, 1.54) is 18.2 Å². The summed E-state index contributed by atoms with van der Waals surface area (Å²) in [7, 11) is 0. The zero-order chi connectivity index (χ0) is 15.8. The van der Waals surface area contributed by atoms with Crippen LogP contribution in [0.15, 0.2) is 38.0 Å². The van der Waals surface area contributed by atoms with Gasteiger partial charge in [0.1, 0.15) is 18.7 Å². The summed E-state index contributed by atoms with van der Waals surface area (Å²) >= 11 is 0. The lowest BCUT2D eigenvalue weighted by molar-refractivity contribution is 0.249. The largest absolute Gasteiger partial charge is 0.370 e. The third-order valence-electron chi connectivity index (χ3n) is 2.14. The number of aliphatic hydroxyl groups excluding tert-OH is 3. The predicted molar refractivity (Wildman–Crippen MR) is 79.3 cm³/mol. The van der Waals surface area contributed by atoms with Gasteiger partial charge in [-0.15, -0.1) is 0 Å². The van der Waals surface area contributed by atoms with E-state index in [-0.39, 0.29) is 17.8 Å². The van der Waals surface area contributed by atoms with E-state index < -0.39 is 18.7 Å². The Kier molecular flexibility index (Phi) is 6.27. The zero-order valence-electron chi connectivity index (χ0n) is 11.3. The van der Waals surface area contributed by atoms with Crippen molar-refractivity contribution in [2.45, 2.75) is 18.7 Å². The molecule has 6 N–H and O–H groups in total. The zero-order valence-corrected chi connectivity index (χ0v) is 11.3. The first-order valence-electron chi connectivity index (χ1n) is 5.96. The van der Waals surface area contributed by atoms with Gasteiger partial charge in [0.05, 0.1) is 0 Å². The first-order chi connectivity index (χ1) is 9.98. The molecule has 0 spiro atoms. The van der Waals surface area contributed by atoms with Gasteiger partial charge in [-0.1, -0.05) is 19.7 Å². The lowest BCUT2D eigenvalue weighted by Gasteiger charge is -2.14. The number of hydrogen-bond acceptors (Lipinski definition) is 9. The smallest absolute Gasteiger partial charge is 0.231 e. The Morgan fingerprint density at radius 1 is 0.667 bits per heavy atom. The van der Waals surface area contributed by atoms with Gasteiger partial charge in [0.25, 0.3) is 0 Å². The normalized spacial score (nSPS) is 14.4. The Hall–Kier alpha value is -2.49. The summed E-state index contributed by atoms with van der Waals surface area (Å²) in [5.74, 6) is 0.0276. The third kappa shape index (κ3) is 5.57. The van der Waals surface area contributed by atoms with Crippen LogP contribution < -0.4 is 16.0 Å². The number of aliphatic hydroxyl groups is 3. The van der Waals surface area contributed by atoms with Crippen molar-refractivity contribution in [3.63, 3.8) is 0 Å². The summed E-state index contributed by atoms with van der Waals surface area (Å²) in [4.78, 5) is 11.8. The summed E-state index contributed by atoms with van der Waals surface area (Å²) < 4.78 is 0. The van der Waals surface area contributed by atoms with Crippen LogP contribution in [0.2, 0.25) is 0 Å². The van der Waals surface area contributed by atoms with Crippen LogP contribution in [0.5, 0.6) is 0 Å². The summed E-state index contributed by atoms with van der Waals surface area (Å²) in [6, 6.07) is 0. The minimum Gasteiger partial charge on any atom is -0.370 e. The second-order valence-corrected chi connectivity index (χ2v) is 3.78. The summed E-state index contributed by atoms with van der Waals surface area (Å²) in [5, 5.41) is 35.9. The van der Waals surface area contributed by atoms with Crippen LogP contribution in [0.25, 0.3) is 0 Å². The second-order valence-electron chi connectivity index (χ2n) is 3.78. The number of rotatable bonds is 9. The maximum Gasteiger partial charge on any atom is 0.231 e. The second kappa shape index (κ2) is 7.94. The maximum atomic E-state index is 9.45. The molecule has 1 aromatic heterocycles. The van der Waals surface area contributed by atoms with Crippen molar-refractivity contribution < 1.29 is 15.3 Å². The van der Waals surface area contributed by atoms with E-state index in [9.17, 15) is 15.3 Å². The molecular weight excluding hydrogens is 276 g/mol. The molecule has 1 rings (SSSR count). The molecule has 0 saturated carbocycles. The van der Waals surface area contributed by atoms with Crippen LogP contribution in [0.1, 0.15) is 0 Å². The van der Waals surface area contributed by atoms with E-state index >= 15 is 0 Å². The highest BCUT2D eigenvalue weighted by atomic mass is 16.3. The van der Waals surface area contributed by atoms with Gasteiger partial charge in [-0.2, -0.15) is 15.0 Å². The average molecular weight is 294 g/mol. The predicted octanol–water partition coefficient (Wildman–Crippen LogP) is -0.380. The lowest BCUT2D eigenvalue weighted by atomic mass is 10.5. The van der Waals surface area contributed by atoms with Gasteiger partial charge in [0, 0.05) is 0 Å². The molecule has 0 aliphatic heterocycles. The van der Waals surface area contributed by atoms with Gasteiger partial charge in [0.2, 0.25) is 17.8 Å². The highest BCUT2D eigenvalue weighted by molar-refractivity contribution is 5.43. The lowest BCUT2D eigenvalue weighted by Crippen LogP contribution is -2.23. The van der Waals surface area contributed by atoms with Crippen LogP contribution in [-0.4, -0.2) is 49.0 Å². The Bertz CT molecular complexity index is 426. The quantitative estimate of drug-likeness (QED) is 0.266. The summed E-state index contributed by atoms with van der Waals surface area (Å²) in [5.41, 5.74) is 0. The van der Waals surface area contributed by atoms with Gasteiger partial charge in [-0.25, -0.2) is 0 Å². The van der Waals surface area contributed by atoms with Crippen molar-refractivity contribution in [2.24, 2.45) is 0 Å². The van der Waals surface area contributed by atoms with Crippen molar-refractivity contribution in [1.82, 2.24) is 15.0 Å². The molecule has 0 bridgehead atoms. The molecular formula is C12H18N6O3. The van der Waals surface area contributed by atoms with Gasteiger partial charge < -0.3 is 31.3 Å². The fraction of sp³-hybridized carbons (Fsp3) is 0.250. The fourth-order valence-electron chi connectivity index (χ4n) is 1.14. The number of nitrogens with one attached hydrogen (secondary N) is 3. The van der Waals surface area contributed by atoms with E-state index in [0.717, 1.165) is 0 Å². The first kappa shape index (κ1) is 16.6. The number of anilines is 3. The summed E-state index contributed by atoms with van der Waals surface area (Å²) in [6.07, 6.45) is 0.508. The average Bonchev–Trinajstić information content (AvgIpc) is 2.46. The standard InChI is InChI=1S/C12H18N6O3/c1-4-7(19)13-10-16-11(14-8(20)5-2)18-12(17-10)15-9(21)6-3/h4-9,19-21H,1-3H2,(H3,13,14,15,16,17,18). The Morgan fingerprint density at radius 2 is 0.905 bits per heavy atom. The molecule has 0 amide bonds. The summed E-state index contributed by atoms with van der Waals surface area (Å²) in [6.45, 7) is 10.2. The van der Waals surface area contributed by atoms with E-state index in [2.05, 4.69) is 50.6 Å². The van der Waals surface area contributed by atoms with Crippen molar-refractivity contribution in [3.05, 3.63) is 38.0 Å². The molecule has 0 aliphatic carbocycles. The molecule has 1 heterocycles. The van der Waals surface area contributed by atoms with Crippen molar-refractivity contribution >= 4 is 17.8 Å². The van der Waals surface area contributed by atoms with Gasteiger partial charge in [-0.05, 0) is 18.2 Å². The minimum absolute atomic E-state index is 0.00919. The number of nitrogens with zero attached hydrogens (tertiary/aromatic N) is 3. The molecule has 0 aliphatic rings. The van der Waals surface area contributed by atoms with Crippen molar-refractivity contribution in [1.29, 1.82) is 0 Å². The molecule has 0 saturated heterocycles. The van der Waals surface area contributed by atoms with Crippen LogP contribution in [0.4, 0.5) is 17.8 Å². The van der Waals surface area contributed by atoms with Gasteiger partial charge >= 0.3 is 0 Å². The SMILES string of the molecule is C=CC(O)Nc1nc(NC(O)C=C)nc(NC(O)C=C)n1. The molecule has 21 heavy (non-hydrogen) atoms. The third-order valence-corrected chi connectivity index (χ3v) is 2.14. The molecule has 9 nitrogen and oxygen atoms in total. The number of hydrogen-bond donors (Lipinski definition) is 6. The van der Waals surface area contributed by atoms with Gasteiger partial charge in [-0.3, -0.25) is 0 Å². The number of aromatic nitrogens is 3. The molecule has 3 atom stereocenters. The van der Waals surface area contributed by atoms with E-state index in [4.69, 9.17) is 0 Å². The molecule has 1 aromatic rings. The van der Waals surface area contributed by atoms with Gasteiger partial charge in [0.15, 0.2) is 0 Å². The Labute approximate surface area is 121 Å². The van der Waals surface area contributed by atoms with Crippen LogP contribution in [0, 0.1) is 0 Å². The monoisotopic (exact) mass is 294 g/mol. The molecule has 3 unspecified atom stereocenters. The highest BCUT2D eigenvalue weighted by Gasteiger charge is 2.11. The van der Waals surface area contributed by atoms with Crippen LogP contribution >= 0.6 is 0 Å². The topological polar surface area (TPSA) is 135 Å². The molecule has 0 radical (unpaired) electrons. The van der Waals surface area contributed by atoms with E-state index in [1.54, 1.807) is 0 Å². The van der Waals surface area contributed by atoms with Crippen molar-refractivity contribution in [3.8, 4) is 0 Å². The maximum absolute atomic E-state index is 9.45. The van der Waals surface area contributed by atoms with E-state index in [0.29, 0.717) is 0 Å². The Balaban J connectivity index is 3.02. The molecule has 114 valence electrons. The van der Waals surface area contributed by atoms with Crippen LogP contribution in [-0.2, 0) is 0 Å². The van der Waals surface area contributed by atoms with E-state index in [1.807, 2.05) is 0 Å². The molecule has 9 heteroatoms. The van der Waals surface area contributed by atoms with Crippen LogP contribution in [0.3, 0.4) is 0 Å². The first-order valence-corrected chi connectivity index (χ1v) is 5.96. The Morgan fingerprint density at radius 3 is 1.10 bits per heavy atom. The minimum atomic E-state index is -1.07. The van der Waals surface area contributed by atoms with Crippen molar-refractivity contribution in [2.75, 3.05) is 16.0 Å².